The minimum absolute atomic E-state index is 0.153. The summed E-state index contributed by atoms with van der Waals surface area (Å²) in [7, 11) is 3.21. The lowest BCUT2D eigenvalue weighted by atomic mass is 9.74. The highest BCUT2D eigenvalue weighted by Gasteiger charge is 2.33. The smallest absolute Gasteiger partial charge is 0.188 e. The van der Waals surface area contributed by atoms with E-state index in [1.165, 1.54) is 12.1 Å². The van der Waals surface area contributed by atoms with E-state index in [2.05, 4.69) is 33.4 Å². The van der Waals surface area contributed by atoms with Crippen LogP contribution in [-0.2, 0) is 4.74 Å². The molecule has 1 aromatic carbocycles. The summed E-state index contributed by atoms with van der Waals surface area (Å²) >= 11 is 1.19. The van der Waals surface area contributed by atoms with Crippen molar-refractivity contribution in [1.82, 2.24) is 14.7 Å². The Kier molecular flexibility index (Phi) is 7.39. The zero-order valence-corrected chi connectivity index (χ0v) is 18.4. The molecule has 1 saturated heterocycles. The van der Waals surface area contributed by atoms with E-state index >= 15 is 0 Å². The van der Waals surface area contributed by atoms with Gasteiger partial charge in [0, 0.05) is 50.3 Å². The molecular weight excluding hydrogens is 390 g/mol. The van der Waals surface area contributed by atoms with E-state index in [0.29, 0.717) is 17.4 Å². The molecule has 160 valence electrons. The number of aromatic nitrogens is 2. The third kappa shape index (κ3) is 5.03. The Hall–Kier alpha value is -1.81. The second-order valence-corrected chi connectivity index (χ2v) is 8.48. The lowest BCUT2D eigenvalue weighted by Gasteiger charge is -2.41. The number of piperidine rings is 1. The van der Waals surface area contributed by atoms with Crippen LogP contribution < -0.4 is 24.2 Å². The number of methoxy groups -OCH3 is 2. The van der Waals surface area contributed by atoms with Crippen molar-refractivity contribution in [3.05, 3.63) is 18.5 Å². The number of hydrogen-bond acceptors (Lipinski definition) is 9. The first-order chi connectivity index (χ1) is 14.0. The van der Waals surface area contributed by atoms with Crippen LogP contribution in [-0.4, -0.2) is 50.6 Å². The number of fused-ring (bicyclic) bond motifs is 1. The van der Waals surface area contributed by atoms with E-state index in [4.69, 9.17) is 19.3 Å². The van der Waals surface area contributed by atoms with E-state index in [1.54, 1.807) is 20.5 Å². The molecule has 1 aliphatic heterocycles. The van der Waals surface area contributed by atoms with Crippen molar-refractivity contribution < 1.29 is 14.2 Å². The van der Waals surface area contributed by atoms with E-state index in [0.717, 1.165) is 49.2 Å². The zero-order valence-electron chi connectivity index (χ0n) is 17.6. The van der Waals surface area contributed by atoms with Crippen molar-refractivity contribution in [2.24, 2.45) is 16.5 Å². The summed E-state index contributed by atoms with van der Waals surface area (Å²) in [5.41, 5.74) is 1.03. The monoisotopic (exact) mass is 421 g/mol. The Bertz CT molecular complexity index is 812. The lowest BCUT2D eigenvalue weighted by Crippen LogP contribution is -2.42. The fraction of sp³-hybridized carbons (Fsp3) is 0.600. The van der Waals surface area contributed by atoms with Gasteiger partial charge in [-0.15, -0.1) is 0 Å². The Morgan fingerprint density at radius 1 is 1.21 bits per heavy atom. The largest absolute Gasteiger partial charge is 0.493 e. The number of benzene rings is 1. The minimum atomic E-state index is 0.153. The quantitative estimate of drug-likeness (QED) is 0.468. The molecular formula is C20H31N5O3S. The van der Waals surface area contributed by atoms with Crippen molar-refractivity contribution in [3.8, 4) is 11.5 Å². The van der Waals surface area contributed by atoms with Crippen molar-refractivity contribution in [2.75, 3.05) is 45.5 Å². The Morgan fingerprint density at radius 2 is 1.97 bits per heavy atom. The molecule has 0 radical (unpaired) electrons. The normalized spacial score (nSPS) is 15.7. The third-order valence-corrected chi connectivity index (χ3v) is 6.05. The second kappa shape index (κ2) is 9.80. The number of nitrogens with two attached hydrogens (primary N) is 1. The summed E-state index contributed by atoms with van der Waals surface area (Å²) in [6.07, 6.45) is 3.84. The first-order valence-corrected chi connectivity index (χ1v) is 10.7. The number of rotatable bonds is 9. The fourth-order valence-electron chi connectivity index (χ4n) is 3.94. The molecule has 9 heteroatoms. The van der Waals surface area contributed by atoms with Gasteiger partial charge in [0.2, 0.25) is 0 Å². The van der Waals surface area contributed by atoms with Crippen molar-refractivity contribution >= 4 is 28.9 Å². The molecule has 8 nitrogen and oxygen atoms in total. The Morgan fingerprint density at radius 3 is 2.62 bits per heavy atom. The predicted molar refractivity (Wildman–Crippen MR) is 117 cm³/mol. The number of anilines is 1. The molecule has 0 saturated carbocycles. The molecule has 2 heterocycles. The Balaban J connectivity index is 1.81. The molecule has 2 aromatic rings. The lowest BCUT2D eigenvalue weighted by molar-refractivity contribution is 0.0493. The number of nitrogens with one attached hydrogen (secondary N) is 1. The molecule has 0 amide bonds. The second-order valence-electron chi connectivity index (χ2n) is 7.96. The standard InChI is InChI=1S/C20H31N5O3S/c1-20(2,11-24-29-21)14-5-7-25(8-6-14)19-15-9-18(28-13-26-3)17(27-4)10-16(15)22-12-23-19/h9-10,12,14,24H,5-8,11,13,21H2,1-4H3. The van der Waals surface area contributed by atoms with Crippen LogP contribution in [0, 0.1) is 11.3 Å². The van der Waals surface area contributed by atoms with Crippen LogP contribution in [0.5, 0.6) is 11.5 Å². The van der Waals surface area contributed by atoms with Crippen LogP contribution in [0.4, 0.5) is 5.82 Å². The van der Waals surface area contributed by atoms with Crippen molar-refractivity contribution in [1.29, 1.82) is 0 Å². The predicted octanol–water partition coefficient (Wildman–Crippen LogP) is 2.98. The van der Waals surface area contributed by atoms with Crippen LogP contribution in [0.2, 0.25) is 0 Å². The van der Waals surface area contributed by atoms with Gasteiger partial charge < -0.3 is 19.1 Å². The van der Waals surface area contributed by atoms with E-state index in [1.807, 2.05) is 12.1 Å². The van der Waals surface area contributed by atoms with Crippen molar-refractivity contribution in [2.45, 2.75) is 26.7 Å². The summed E-state index contributed by atoms with van der Waals surface area (Å²) < 4.78 is 19.4. The maximum absolute atomic E-state index is 5.69. The first-order valence-electron chi connectivity index (χ1n) is 9.78. The van der Waals surface area contributed by atoms with Crippen LogP contribution in [0.3, 0.4) is 0 Å². The highest BCUT2D eigenvalue weighted by atomic mass is 32.2. The van der Waals surface area contributed by atoms with Gasteiger partial charge >= 0.3 is 0 Å². The number of nitrogens with zero attached hydrogens (tertiary/aromatic N) is 3. The van der Waals surface area contributed by atoms with Crippen LogP contribution in [0.25, 0.3) is 10.9 Å². The fourth-order valence-corrected chi connectivity index (χ4v) is 4.40. The number of ether oxygens (including phenoxy) is 3. The first kappa shape index (κ1) is 21.9. The third-order valence-electron chi connectivity index (χ3n) is 5.74. The summed E-state index contributed by atoms with van der Waals surface area (Å²) in [5, 5.41) is 6.49. The topological polar surface area (TPSA) is 94.8 Å². The van der Waals surface area contributed by atoms with Gasteiger partial charge in [0.05, 0.1) is 12.6 Å². The summed E-state index contributed by atoms with van der Waals surface area (Å²) in [4.78, 5) is 11.4. The maximum atomic E-state index is 5.69. The van der Waals surface area contributed by atoms with Crippen LogP contribution in [0.15, 0.2) is 18.5 Å². The molecule has 0 spiro atoms. The van der Waals surface area contributed by atoms with Gasteiger partial charge in [0.1, 0.15) is 12.1 Å². The highest BCUT2D eigenvalue weighted by molar-refractivity contribution is 7.95. The van der Waals surface area contributed by atoms with Crippen LogP contribution >= 0.6 is 12.1 Å². The van der Waals surface area contributed by atoms with Gasteiger partial charge in [-0.25, -0.2) is 9.97 Å². The summed E-state index contributed by atoms with van der Waals surface area (Å²) in [6, 6.07) is 3.83. The molecule has 3 N–H and O–H groups in total. The number of hydrogen-bond donors (Lipinski definition) is 2. The highest BCUT2D eigenvalue weighted by Crippen LogP contribution is 2.39. The van der Waals surface area contributed by atoms with E-state index in [-0.39, 0.29) is 12.2 Å². The molecule has 1 aromatic heterocycles. The van der Waals surface area contributed by atoms with E-state index in [9.17, 15) is 0 Å². The average molecular weight is 422 g/mol. The molecule has 0 aliphatic carbocycles. The maximum Gasteiger partial charge on any atom is 0.188 e. The average Bonchev–Trinajstić information content (AvgIpc) is 2.75. The van der Waals surface area contributed by atoms with Crippen molar-refractivity contribution in [3.63, 3.8) is 0 Å². The van der Waals surface area contributed by atoms with Gasteiger partial charge in [0.25, 0.3) is 0 Å². The molecule has 29 heavy (non-hydrogen) atoms. The van der Waals surface area contributed by atoms with Gasteiger partial charge in [-0.2, -0.15) is 0 Å². The molecule has 0 bridgehead atoms. The van der Waals surface area contributed by atoms with Gasteiger partial charge in [-0.3, -0.25) is 9.86 Å². The SMILES string of the molecule is COCOc1cc2c(N3CCC(C(C)(C)CNSN)CC3)ncnc2cc1OC. The minimum Gasteiger partial charge on any atom is -0.493 e. The molecule has 3 rings (SSSR count). The van der Waals surface area contributed by atoms with Gasteiger partial charge in [0.15, 0.2) is 18.3 Å². The van der Waals surface area contributed by atoms with E-state index < -0.39 is 0 Å². The molecule has 0 unspecified atom stereocenters. The van der Waals surface area contributed by atoms with Crippen LogP contribution in [0.1, 0.15) is 26.7 Å². The summed E-state index contributed by atoms with van der Waals surface area (Å²) in [5.74, 6) is 2.82. The summed E-state index contributed by atoms with van der Waals surface area (Å²) in [6.45, 7) is 7.58. The van der Waals surface area contributed by atoms with Gasteiger partial charge in [-0.05, 0) is 30.2 Å². The molecule has 1 fully saturated rings. The molecule has 1 aliphatic rings. The molecule has 0 atom stereocenters. The van der Waals surface area contributed by atoms with Gasteiger partial charge in [-0.1, -0.05) is 13.8 Å². The Labute approximate surface area is 176 Å². The zero-order chi connectivity index (χ0) is 20.9.